The Bertz CT molecular complexity index is 772. The third kappa shape index (κ3) is 2.95. The van der Waals surface area contributed by atoms with Crippen LogP contribution in [-0.4, -0.2) is 12.8 Å². The number of fused-ring (bicyclic) bond motifs is 1. The molecule has 0 saturated heterocycles. The Hall–Kier alpha value is -2.61. The van der Waals surface area contributed by atoms with Crippen molar-refractivity contribution >= 4 is 22.7 Å². The molecule has 0 N–H and O–H groups in total. The van der Waals surface area contributed by atoms with Gasteiger partial charge in [0.25, 0.3) is 0 Å². The molecular weight excluding hydrogens is 258 g/mol. The van der Waals surface area contributed by atoms with Crippen molar-refractivity contribution in [3.05, 3.63) is 72.3 Å². The van der Waals surface area contributed by atoms with Gasteiger partial charge in [0.05, 0.1) is 12.3 Å². The van der Waals surface area contributed by atoms with Crippen molar-refractivity contribution in [3.8, 4) is 5.75 Å². The average molecular weight is 275 g/mol. The van der Waals surface area contributed by atoms with E-state index in [0.29, 0.717) is 6.61 Å². The van der Waals surface area contributed by atoms with Gasteiger partial charge in [-0.15, -0.1) is 0 Å². The number of hydrogen-bond donors (Lipinski definition) is 0. The Balaban J connectivity index is 1.99. The van der Waals surface area contributed by atoms with Crippen LogP contribution in [0.5, 0.6) is 5.75 Å². The van der Waals surface area contributed by atoms with Crippen molar-refractivity contribution in [2.24, 2.45) is 4.99 Å². The maximum Gasteiger partial charge on any atom is 0.128 e. The molecule has 0 aliphatic rings. The van der Waals surface area contributed by atoms with Gasteiger partial charge in [-0.05, 0) is 30.5 Å². The van der Waals surface area contributed by atoms with Gasteiger partial charge in [-0.25, -0.2) is 0 Å². The summed E-state index contributed by atoms with van der Waals surface area (Å²) in [6, 6.07) is 22.4. The van der Waals surface area contributed by atoms with Crippen LogP contribution in [0.25, 0.3) is 10.8 Å². The van der Waals surface area contributed by atoms with E-state index in [0.717, 1.165) is 22.4 Å². The van der Waals surface area contributed by atoms with Crippen LogP contribution in [0.3, 0.4) is 0 Å². The van der Waals surface area contributed by atoms with E-state index < -0.39 is 0 Å². The summed E-state index contributed by atoms with van der Waals surface area (Å²) in [6.07, 6.45) is 1.87. The number of benzene rings is 3. The molecule has 104 valence electrons. The van der Waals surface area contributed by atoms with Gasteiger partial charge in [0.15, 0.2) is 0 Å². The maximum absolute atomic E-state index is 5.62. The molecule has 0 spiro atoms. The summed E-state index contributed by atoms with van der Waals surface area (Å²) < 4.78 is 5.62. The molecule has 0 atom stereocenters. The van der Waals surface area contributed by atoms with Gasteiger partial charge < -0.3 is 4.74 Å². The molecule has 3 aromatic carbocycles. The van der Waals surface area contributed by atoms with Crippen LogP contribution in [0.1, 0.15) is 12.5 Å². The van der Waals surface area contributed by atoms with Gasteiger partial charge in [0.1, 0.15) is 5.75 Å². The van der Waals surface area contributed by atoms with E-state index in [4.69, 9.17) is 4.74 Å². The summed E-state index contributed by atoms with van der Waals surface area (Å²) in [5.41, 5.74) is 1.96. The van der Waals surface area contributed by atoms with Crippen molar-refractivity contribution in [3.63, 3.8) is 0 Å². The Labute approximate surface area is 124 Å². The highest BCUT2D eigenvalue weighted by Crippen LogP contribution is 2.26. The first-order valence-corrected chi connectivity index (χ1v) is 7.12. The van der Waals surface area contributed by atoms with Gasteiger partial charge in [0, 0.05) is 17.2 Å². The molecule has 2 nitrogen and oxygen atoms in total. The third-order valence-electron chi connectivity index (χ3n) is 3.33. The number of aliphatic imine (C=N–C) groups is 1. The minimum Gasteiger partial charge on any atom is -0.493 e. The van der Waals surface area contributed by atoms with E-state index in [9.17, 15) is 0 Å². The van der Waals surface area contributed by atoms with Crippen LogP contribution in [-0.2, 0) is 0 Å². The molecule has 0 fully saturated rings. The van der Waals surface area contributed by atoms with E-state index in [1.807, 2.05) is 61.7 Å². The van der Waals surface area contributed by atoms with Gasteiger partial charge in [-0.1, -0.05) is 48.5 Å². The largest absolute Gasteiger partial charge is 0.493 e. The second-order valence-corrected chi connectivity index (χ2v) is 4.73. The molecular formula is C19H17NO. The third-order valence-corrected chi connectivity index (χ3v) is 3.33. The number of rotatable bonds is 4. The summed E-state index contributed by atoms with van der Waals surface area (Å²) in [7, 11) is 0. The van der Waals surface area contributed by atoms with E-state index >= 15 is 0 Å². The topological polar surface area (TPSA) is 21.6 Å². The van der Waals surface area contributed by atoms with Crippen molar-refractivity contribution in [2.45, 2.75) is 6.92 Å². The Morgan fingerprint density at radius 2 is 1.67 bits per heavy atom. The first kappa shape index (κ1) is 13.4. The van der Waals surface area contributed by atoms with Crippen LogP contribution in [0.4, 0.5) is 5.69 Å². The Morgan fingerprint density at radius 1 is 0.905 bits per heavy atom. The summed E-state index contributed by atoms with van der Waals surface area (Å²) in [4.78, 5) is 4.64. The fraction of sp³-hybridized carbons (Fsp3) is 0.105. The van der Waals surface area contributed by atoms with Crippen LogP contribution < -0.4 is 4.74 Å². The summed E-state index contributed by atoms with van der Waals surface area (Å²) >= 11 is 0. The zero-order valence-electron chi connectivity index (χ0n) is 12.0. The van der Waals surface area contributed by atoms with Crippen LogP contribution in [0.15, 0.2) is 71.7 Å². The molecule has 0 aromatic heterocycles. The fourth-order valence-electron chi connectivity index (χ4n) is 2.33. The van der Waals surface area contributed by atoms with Crippen molar-refractivity contribution in [1.29, 1.82) is 0 Å². The van der Waals surface area contributed by atoms with Gasteiger partial charge in [0.2, 0.25) is 0 Å². The van der Waals surface area contributed by atoms with Crippen molar-refractivity contribution in [2.75, 3.05) is 6.61 Å². The molecule has 0 heterocycles. The maximum atomic E-state index is 5.62. The minimum absolute atomic E-state index is 0.652. The van der Waals surface area contributed by atoms with Crippen LogP contribution in [0.2, 0.25) is 0 Å². The summed E-state index contributed by atoms with van der Waals surface area (Å²) in [6.45, 7) is 2.64. The van der Waals surface area contributed by atoms with E-state index in [1.54, 1.807) is 0 Å². The predicted molar refractivity (Wildman–Crippen MR) is 88.8 cm³/mol. The SMILES string of the molecule is CCOc1ccccc1C=Nc1cccc2ccccc12. The first-order chi connectivity index (χ1) is 10.4. The second-order valence-electron chi connectivity index (χ2n) is 4.73. The van der Waals surface area contributed by atoms with E-state index in [1.165, 1.54) is 5.39 Å². The lowest BCUT2D eigenvalue weighted by atomic mass is 10.1. The fourth-order valence-corrected chi connectivity index (χ4v) is 2.33. The Kier molecular flexibility index (Phi) is 3.97. The highest BCUT2D eigenvalue weighted by atomic mass is 16.5. The minimum atomic E-state index is 0.652. The molecule has 3 rings (SSSR count). The molecule has 0 aliphatic heterocycles. The number of hydrogen-bond acceptors (Lipinski definition) is 2. The lowest BCUT2D eigenvalue weighted by molar-refractivity contribution is 0.340. The number of para-hydroxylation sites is 1. The first-order valence-electron chi connectivity index (χ1n) is 7.12. The molecule has 0 bridgehead atoms. The van der Waals surface area contributed by atoms with Gasteiger partial charge in [-0.3, -0.25) is 4.99 Å². The van der Waals surface area contributed by atoms with Crippen molar-refractivity contribution in [1.82, 2.24) is 0 Å². The average Bonchev–Trinajstić information content (AvgIpc) is 2.54. The van der Waals surface area contributed by atoms with Crippen LogP contribution >= 0.6 is 0 Å². The molecule has 0 amide bonds. The second kappa shape index (κ2) is 6.23. The summed E-state index contributed by atoms with van der Waals surface area (Å²) in [5, 5.41) is 2.36. The highest BCUT2D eigenvalue weighted by Gasteiger charge is 2.01. The molecule has 3 aromatic rings. The number of nitrogens with zero attached hydrogens (tertiary/aromatic N) is 1. The highest BCUT2D eigenvalue weighted by molar-refractivity contribution is 5.95. The molecule has 0 unspecified atom stereocenters. The monoisotopic (exact) mass is 275 g/mol. The zero-order valence-corrected chi connectivity index (χ0v) is 12.0. The molecule has 0 saturated carbocycles. The Morgan fingerprint density at radius 3 is 2.57 bits per heavy atom. The number of ether oxygens (including phenoxy) is 1. The molecule has 0 aliphatic carbocycles. The zero-order chi connectivity index (χ0) is 14.5. The van der Waals surface area contributed by atoms with Crippen molar-refractivity contribution < 1.29 is 4.74 Å². The van der Waals surface area contributed by atoms with Gasteiger partial charge >= 0.3 is 0 Å². The lowest BCUT2D eigenvalue weighted by Crippen LogP contribution is -1.95. The summed E-state index contributed by atoms with van der Waals surface area (Å²) in [5.74, 6) is 0.865. The van der Waals surface area contributed by atoms with E-state index in [-0.39, 0.29) is 0 Å². The predicted octanol–water partition coefficient (Wildman–Crippen LogP) is 4.99. The molecule has 21 heavy (non-hydrogen) atoms. The quantitative estimate of drug-likeness (QED) is 0.615. The van der Waals surface area contributed by atoms with Gasteiger partial charge in [-0.2, -0.15) is 0 Å². The lowest BCUT2D eigenvalue weighted by Gasteiger charge is -2.06. The standard InChI is InChI=1S/C19H17NO/c1-2-21-19-13-6-4-9-16(19)14-20-18-12-7-10-15-8-3-5-11-17(15)18/h3-14H,2H2,1H3. The molecule has 2 heteroatoms. The van der Waals surface area contributed by atoms with Crippen LogP contribution in [0, 0.1) is 0 Å². The normalized spacial score (nSPS) is 11.1. The smallest absolute Gasteiger partial charge is 0.128 e. The molecule has 0 radical (unpaired) electrons. The van der Waals surface area contributed by atoms with E-state index in [2.05, 4.69) is 23.2 Å².